The summed E-state index contributed by atoms with van der Waals surface area (Å²) >= 11 is 0. The second kappa shape index (κ2) is 11.6. The number of guanidine groups is 1. The van der Waals surface area contributed by atoms with Crippen molar-refractivity contribution in [1.29, 1.82) is 0 Å². The standard InChI is InChI=1S/C19H29N7O8/c1-8-2-3-9(17(31)25-8)16-15(30)14(29)11(34-16)6-23-18(32)10(4-5-12(20)27)26(33)13(28)7-24-19(21)22/h3,10-11,14-16,29-30,33H,1-2,4-7H2,(H2,20,27)(H,23,32)(H,25,31)(H4,21,22,24)/t10-,11+,14+,15+,16-/m0/s1. The van der Waals surface area contributed by atoms with Crippen molar-refractivity contribution in [1.82, 2.24) is 15.7 Å². The van der Waals surface area contributed by atoms with E-state index in [-0.39, 0.29) is 30.0 Å². The van der Waals surface area contributed by atoms with Gasteiger partial charge in [0.2, 0.25) is 11.8 Å². The molecule has 0 aromatic heterocycles. The zero-order chi connectivity index (χ0) is 25.6. The third-order valence-electron chi connectivity index (χ3n) is 5.18. The van der Waals surface area contributed by atoms with E-state index in [1.54, 1.807) is 0 Å². The van der Waals surface area contributed by atoms with Crippen LogP contribution >= 0.6 is 0 Å². The number of amides is 4. The number of aliphatic hydroxyl groups is 2. The maximum absolute atomic E-state index is 12.7. The van der Waals surface area contributed by atoms with E-state index in [1.165, 1.54) is 6.08 Å². The summed E-state index contributed by atoms with van der Waals surface area (Å²) in [5.41, 5.74) is 16.0. The van der Waals surface area contributed by atoms with E-state index < -0.39 is 66.6 Å². The molecule has 0 radical (unpaired) electrons. The minimum absolute atomic E-state index is 0.0817. The second-order valence-electron chi connectivity index (χ2n) is 7.74. The van der Waals surface area contributed by atoms with Gasteiger partial charge in [-0.25, -0.2) is 10.1 Å². The Hall–Kier alpha value is -3.53. The zero-order valence-corrected chi connectivity index (χ0v) is 18.2. The summed E-state index contributed by atoms with van der Waals surface area (Å²) < 4.78 is 5.60. The van der Waals surface area contributed by atoms with Crippen LogP contribution in [0, 0.1) is 0 Å². The Kier molecular flexibility index (Phi) is 9.08. The number of carbonyl (C=O) groups excluding carboxylic acids is 4. The van der Waals surface area contributed by atoms with Crippen molar-refractivity contribution >= 4 is 29.6 Å². The van der Waals surface area contributed by atoms with Gasteiger partial charge in [-0.3, -0.25) is 24.4 Å². The lowest BCUT2D eigenvalue weighted by Crippen LogP contribution is -2.51. The fraction of sp³-hybridized carbons (Fsp3) is 0.526. The van der Waals surface area contributed by atoms with Crippen molar-refractivity contribution in [2.75, 3.05) is 13.1 Å². The molecule has 0 unspecified atom stereocenters. The maximum Gasteiger partial charge on any atom is 0.268 e. The molecule has 188 valence electrons. The molecule has 0 spiro atoms. The minimum Gasteiger partial charge on any atom is -0.388 e. The number of hydrogen-bond acceptors (Lipinski definition) is 9. The smallest absolute Gasteiger partial charge is 0.268 e. The van der Waals surface area contributed by atoms with Crippen LogP contribution in [0.2, 0.25) is 0 Å². The van der Waals surface area contributed by atoms with Gasteiger partial charge < -0.3 is 42.8 Å². The number of ether oxygens (including phenoxy) is 1. The molecular weight excluding hydrogens is 454 g/mol. The molecule has 11 N–H and O–H groups in total. The number of hydrogen-bond donors (Lipinski definition) is 8. The van der Waals surface area contributed by atoms with Crippen molar-refractivity contribution < 1.29 is 39.3 Å². The molecule has 34 heavy (non-hydrogen) atoms. The van der Waals surface area contributed by atoms with Gasteiger partial charge >= 0.3 is 0 Å². The van der Waals surface area contributed by atoms with Crippen LogP contribution in [0.3, 0.4) is 0 Å². The Morgan fingerprint density at radius 2 is 1.97 bits per heavy atom. The highest BCUT2D eigenvalue weighted by Gasteiger charge is 2.46. The summed E-state index contributed by atoms with van der Waals surface area (Å²) in [6.07, 6.45) is -3.98. The normalized spacial score (nSPS) is 25.1. The van der Waals surface area contributed by atoms with E-state index in [9.17, 15) is 34.6 Å². The number of aliphatic hydroxyl groups excluding tert-OH is 2. The van der Waals surface area contributed by atoms with Gasteiger partial charge in [0.25, 0.3) is 11.8 Å². The number of nitrogens with two attached hydrogens (primary N) is 3. The van der Waals surface area contributed by atoms with Gasteiger partial charge in [0.1, 0.15) is 37.0 Å². The summed E-state index contributed by atoms with van der Waals surface area (Å²) in [5, 5.41) is 35.8. The third-order valence-corrected chi connectivity index (χ3v) is 5.18. The van der Waals surface area contributed by atoms with Gasteiger partial charge in [-0.15, -0.1) is 0 Å². The van der Waals surface area contributed by atoms with Crippen LogP contribution in [0.15, 0.2) is 28.9 Å². The predicted molar refractivity (Wildman–Crippen MR) is 115 cm³/mol. The molecule has 15 nitrogen and oxygen atoms in total. The number of aliphatic imine (C=N–C) groups is 1. The average Bonchev–Trinajstić information content (AvgIpc) is 3.04. The van der Waals surface area contributed by atoms with Crippen molar-refractivity contribution in [3.05, 3.63) is 23.9 Å². The lowest BCUT2D eigenvalue weighted by Gasteiger charge is -2.25. The van der Waals surface area contributed by atoms with Gasteiger partial charge in [0.15, 0.2) is 5.96 Å². The molecule has 1 fully saturated rings. The van der Waals surface area contributed by atoms with Crippen LogP contribution in [0.1, 0.15) is 19.3 Å². The first-order valence-electron chi connectivity index (χ1n) is 10.3. The molecule has 0 saturated carbocycles. The van der Waals surface area contributed by atoms with Crippen LogP contribution < -0.4 is 27.8 Å². The first-order chi connectivity index (χ1) is 15.9. The fourth-order valence-corrected chi connectivity index (χ4v) is 3.40. The summed E-state index contributed by atoms with van der Waals surface area (Å²) in [5.74, 6) is -3.64. The topological polar surface area (TPSA) is 256 Å². The quantitative estimate of drug-likeness (QED) is 0.0641. The van der Waals surface area contributed by atoms with E-state index in [2.05, 4.69) is 22.2 Å². The molecule has 0 aliphatic carbocycles. The van der Waals surface area contributed by atoms with Gasteiger partial charge in [-0.2, -0.15) is 0 Å². The molecule has 5 atom stereocenters. The summed E-state index contributed by atoms with van der Waals surface area (Å²) in [6, 6.07) is -1.54. The van der Waals surface area contributed by atoms with Gasteiger partial charge in [-0.1, -0.05) is 12.7 Å². The van der Waals surface area contributed by atoms with Crippen LogP contribution in [0.5, 0.6) is 0 Å². The first-order valence-corrected chi connectivity index (χ1v) is 10.3. The monoisotopic (exact) mass is 483 g/mol. The van der Waals surface area contributed by atoms with Crippen molar-refractivity contribution in [2.24, 2.45) is 22.2 Å². The molecular formula is C19H29N7O8. The highest BCUT2D eigenvalue weighted by Crippen LogP contribution is 2.28. The Morgan fingerprint density at radius 3 is 2.56 bits per heavy atom. The number of hydroxylamine groups is 2. The number of nitrogens with one attached hydrogen (secondary N) is 2. The largest absolute Gasteiger partial charge is 0.388 e. The van der Waals surface area contributed by atoms with Crippen LogP contribution in [0.25, 0.3) is 0 Å². The SMILES string of the molecule is C=C1CC=C([C@@H]2O[C@H](CNC(=O)[C@H](CCC(N)=O)N(O)C(=O)CN=C(N)N)[C@@H](O)[C@H]2O)C(=O)N1. The number of primary amides is 1. The lowest BCUT2D eigenvalue weighted by molar-refractivity contribution is -0.179. The Balaban J connectivity index is 2.05. The maximum atomic E-state index is 12.7. The van der Waals surface area contributed by atoms with Crippen LogP contribution in [0.4, 0.5) is 0 Å². The molecule has 1 saturated heterocycles. The van der Waals surface area contributed by atoms with E-state index >= 15 is 0 Å². The van der Waals surface area contributed by atoms with E-state index in [4.69, 9.17) is 21.9 Å². The number of nitrogens with zero attached hydrogens (tertiary/aromatic N) is 2. The highest BCUT2D eigenvalue weighted by molar-refractivity contribution is 5.97. The number of rotatable bonds is 10. The minimum atomic E-state index is -1.54. The molecule has 2 aliphatic heterocycles. The molecule has 4 amide bonds. The predicted octanol–water partition coefficient (Wildman–Crippen LogP) is -4.32. The van der Waals surface area contributed by atoms with Crippen molar-refractivity contribution in [3.8, 4) is 0 Å². The number of allylic oxidation sites excluding steroid dienone is 1. The van der Waals surface area contributed by atoms with Crippen LogP contribution in [-0.2, 0) is 23.9 Å². The molecule has 2 heterocycles. The molecule has 2 aliphatic rings. The van der Waals surface area contributed by atoms with Crippen LogP contribution in [-0.4, -0.2) is 93.6 Å². The fourth-order valence-electron chi connectivity index (χ4n) is 3.40. The third kappa shape index (κ3) is 6.74. The van der Waals surface area contributed by atoms with Crippen molar-refractivity contribution in [2.45, 2.75) is 49.7 Å². The van der Waals surface area contributed by atoms with E-state index in [0.717, 1.165) is 0 Å². The Bertz CT molecular complexity index is 901. The number of carbonyl (C=O) groups is 4. The summed E-state index contributed by atoms with van der Waals surface area (Å²) in [7, 11) is 0. The first kappa shape index (κ1) is 26.7. The van der Waals surface area contributed by atoms with E-state index in [0.29, 0.717) is 12.1 Å². The Morgan fingerprint density at radius 1 is 1.29 bits per heavy atom. The Labute approximate surface area is 194 Å². The van der Waals surface area contributed by atoms with Gasteiger partial charge in [0, 0.05) is 30.7 Å². The second-order valence-corrected chi connectivity index (χ2v) is 7.74. The lowest BCUT2D eigenvalue weighted by atomic mass is 9.97. The molecule has 0 aromatic carbocycles. The molecule has 2 rings (SSSR count). The molecule has 0 bridgehead atoms. The molecule has 15 heteroatoms. The summed E-state index contributed by atoms with van der Waals surface area (Å²) in [4.78, 5) is 51.5. The van der Waals surface area contributed by atoms with Gasteiger partial charge in [-0.05, 0) is 6.42 Å². The van der Waals surface area contributed by atoms with Gasteiger partial charge in [0.05, 0.1) is 0 Å². The van der Waals surface area contributed by atoms with E-state index in [1.807, 2.05) is 0 Å². The average molecular weight is 483 g/mol. The molecule has 0 aromatic rings. The zero-order valence-electron chi connectivity index (χ0n) is 18.2. The van der Waals surface area contributed by atoms with Crippen molar-refractivity contribution in [3.63, 3.8) is 0 Å². The highest BCUT2D eigenvalue weighted by atomic mass is 16.5. The summed E-state index contributed by atoms with van der Waals surface area (Å²) in [6.45, 7) is 2.64.